The van der Waals surface area contributed by atoms with Crippen LogP contribution in [0.15, 0.2) is 0 Å². The van der Waals surface area contributed by atoms with Crippen LogP contribution in [0.1, 0.15) is 5.82 Å². The lowest BCUT2D eigenvalue weighted by Gasteiger charge is -1.93. The molecule has 0 aromatic carbocycles. The van der Waals surface area contributed by atoms with E-state index in [0.29, 0.717) is 0 Å². The van der Waals surface area contributed by atoms with E-state index in [-0.39, 0.29) is 10.5 Å². The first-order valence-corrected chi connectivity index (χ1v) is 4.90. The van der Waals surface area contributed by atoms with Gasteiger partial charge in [0.2, 0.25) is 0 Å². The van der Waals surface area contributed by atoms with E-state index >= 15 is 0 Å². The molecule has 1 N–H and O–H groups in total. The second kappa shape index (κ2) is 3.46. The maximum atomic E-state index is 3.88. The van der Waals surface area contributed by atoms with Crippen LogP contribution in [0, 0.1) is 0 Å². The van der Waals surface area contributed by atoms with E-state index in [2.05, 4.69) is 32.8 Å². The highest BCUT2D eigenvalue weighted by molar-refractivity contribution is 8.13. The monoisotopic (exact) mass is 158 g/mol. The lowest BCUT2D eigenvalue weighted by Crippen LogP contribution is -1.91. The predicted molar refractivity (Wildman–Crippen MR) is 43.4 cm³/mol. The molecule has 1 heterocycles. The van der Waals surface area contributed by atoms with Crippen molar-refractivity contribution in [2.75, 3.05) is 12.0 Å². The summed E-state index contributed by atoms with van der Waals surface area (Å²) in [5.74, 6) is 5.70. The summed E-state index contributed by atoms with van der Waals surface area (Å²) >= 11 is 0. The smallest absolute Gasteiger partial charge is 0.175 e. The number of H-pyrrole nitrogens is 1. The molecule has 10 heavy (non-hydrogen) atoms. The molecule has 0 radical (unpaired) electrons. The van der Waals surface area contributed by atoms with Gasteiger partial charge in [0.15, 0.2) is 5.82 Å². The summed E-state index contributed by atoms with van der Waals surface area (Å²) in [5, 5.41) is 13.5. The standard InChI is InChI=1S/C5H10N4S/c1-10(2)4-3-5-6-8-9-7-5/h1,3-4H2,2H3,(H,6,7,8,9). The maximum Gasteiger partial charge on any atom is 0.175 e. The van der Waals surface area contributed by atoms with Crippen molar-refractivity contribution < 1.29 is 0 Å². The van der Waals surface area contributed by atoms with E-state index in [9.17, 15) is 0 Å². The molecule has 0 saturated carbocycles. The first kappa shape index (κ1) is 7.40. The first-order chi connectivity index (χ1) is 4.79. The van der Waals surface area contributed by atoms with Crippen molar-refractivity contribution in [2.45, 2.75) is 6.42 Å². The zero-order valence-corrected chi connectivity index (χ0v) is 6.69. The van der Waals surface area contributed by atoms with Crippen molar-refractivity contribution in [3.8, 4) is 0 Å². The number of rotatable bonds is 3. The molecule has 1 rings (SSSR count). The SMILES string of the molecule is C=S(C)CCc1nn[nH]n1. The third-order valence-corrected chi connectivity index (χ3v) is 1.96. The van der Waals surface area contributed by atoms with Gasteiger partial charge in [0.05, 0.1) is 0 Å². The molecule has 1 aromatic rings. The Hall–Kier alpha value is -0.710. The van der Waals surface area contributed by atoms with Crippen molar-refractivity contribution in [1.29, 1.82) is 0 Å². The highest BCUT2D eigenvalue weighted by Gasteiger charge is 1.95. The zero-order valence-electron chi connectivity index (χ0n) is 5.87. The van der Waals surface area contributed by atoms with Gasteiger partial charge in [-0.05, 0) is 12.0 Å². The molecular formula is C5H10N4S. The van der Waals surface area contributed by atoms with Crippen LogP contribution in [0.2, 0.25) is 0 Å². The number of hydrogen-bond donors (Lipinski definition) is 1. The highest BCUT2D eigenvalue weighted by Crippen LogP contribution is 2.03. The molecule has 5 heteroatoms. The van der Waals surface area contributed by atoms with Gasteiger partial charge in [-0.15, -0.1) is 10.2 Å². The minimum Gasteiger partial charge on any atom is -0.196 e. The fraction of sp³-hybridized carbons (Fsp3) is 0.600. The van der Waals surface area contributed by atoms with Crippen molar-refractivity contribution in [1.82, 2.24) is 20.6 Å². The van der Waals surface area contributed by atoms with E-state index in [4.69, 9.17) is 0 Å². The molecule has 4 nitrogen and oxygen atoms in total. The van der Waals surface area contributed by atoms with Crippen molar-refractivity contribution in [3.63, 3.8) is 0 Å². The second-order valence-corrected chi connectivity index (χ2v) is 4.03. The highest BCUT2D eigenvalue weighted by atomic mass is 32.2. The minimum absolute atomic E-state index is 0.228. The molecule has 1 atom stereocenters. The van der Waals surface area contributed by atoms with Gasteiger partial charge in [-0.25, -0.2) is 0 Å². The zero-order chi connectivity index (χ0) is 7.40. The Morgan fingerprint density at radius 1 is 1.70 bits per heavy atom. The molecule has 0 amide bonds. The fourth-order valence-electron chi connectivity index (χ4n) is 0.554. The summed E-state index contributed by atoms with van der Waals surface area (Å²) < 4.78 is 0. The van der Waals surface area contributed by atoms with Crippen LogP contribution in [-0.2, 0) is 6.42 Å². The van der Waals surface area contributed by atoms with Gasteiger partial charge < -0.3 is 0 Å². The Balaban J connectivity index is 2.35. The van der Waals surface area contributed by atoms with Crippen molar-refractivity contribution in [3.05, 3.63) is 5.82 Å². The topological polar surface area (TPSA) is 54.5 Å². The molecule has 0 aliphatic heterocycles. The summed E-state index contributed by atoms with van der Waals surface area (Å²) in [6, 6.07) is 0. The molecule has 0 bridgehead atoms. The number of nitrogens with zero attached hydrogens (tertiary/aromatic N) is 3. The molecule has 0 saturated heterocycles. The summed E-state index contributed by atoms with van der Waals surface area (Å²) in [6.45, 7) is 0. The third kappa shape index (κ3) is 2.26. The van der Waals surface area contributed by atoms with Gasteiger partial charge in [0.25, 0.3) is 0 Å². The second-order valence-electron chi connectivity index (χ2n) is 2.06. The molecule has 0 spiro atoms. The summed E-state index contributed by atoms with van der Waals surface area (Å²) in [7, 11) is 0.228. The van der Waals surface area contributed by atoms with Gasteiger partial charge in [-0.3, -0.25) is 0 Å². The molecule has 1 unspecified atom stereocenters. The molecule has 0 aliphatic rings. The molecule has 1 aromatic heterocycles. The van der Waals surface area contributed by atoms with Crippen molar-refractivity contribution in [2.24, 2.45) is 0 Å². The van der Waals surface area contributed by atoms with Crippen LogP contribution in [-0.4, -0.2) is 38.5 Å². The summed E-state index contributed by atoms with van der Waals surface area (Å²) in [6.07, 6.45) is 2.97. The Morgan fingerprint density at radius 3 is 3.00 bits per heavy atom. The molecule has 0 fully saturated rings. The Morgan fingerprint density at radius 2 is 2.50 bits per heavy atom. The number of aromatic amines is 1. The number of hydrogen-bond acceptors (Lipinski definition) is 3. The molecule has 56 valence electrons. The first-order valence-electron chi connectivity index (χ1n) is 2.93. The van der Waals surface area contributed by atoms with E-state index < -0.39 is 0 Å². The van der Waals surface area contributed by atoms with Gasteiger partial charge >= 0.3 is 0 Å². The van der Waals surface area contributed by atoms with Gasteiger partial charge in [0, 0.05) is 6.42 Å². The minimum atomic E-state index is 0.228. The number of aromatic nitrogens is 4. The van der Waals surface area contributed by atoms with Crippen LogP contribution >= 0.6 is 10.5 Å². The largest absolute Gasteiger partial charge is 0.196 e. The lowest BCUT2D eigenvalue weighted by molar-refractivity contribution is 0.881. The fourth-order valence-corrected chi connectivity index (χ4v) is 1.08. The molecule has 0 aliphatic carbocycles. The third-order valence-electron chi connectivity index (χ3n) is 1.06. The summed E-state index contributed by atoms with van der Waals surface area (Å²) in [4.78, 5) is 0. The van der Waals surface area contributed by atoms with Crippen LogP contribution < -0.4 is 0 Å². The Labute approximate surface area is 62.0 Å². The Kier molecular flexibility index (Phi) is 2.56. The average molecular weight is 158 g/mol. The van der Waals surface area contributed by atoms with Crippen LogP contribution in [0.25, 0.3) is 0 Å². The molecular weight excluding hydrogens is 148 g/mol. The maximum absolute atomic E-state index is 3.88. The van der Waals surface area contributed by atoms with Gasteiger partial charge in [0.1, 0.15) is 0 Å². The van der Waals surface area contributed by atoms with E-state index in [1.165, 1.54) is 0 Å². The van der Waals surface area contributed by atoms with E-state index in [1.54, 1.807) is 0 Å². The quantitative estimate of drug-likeness (QED) is 0.633. The van der Waals surface area contributed by atoms with Crippen LogP contribution in [0.5, 0.6) is 0 Å². The number of aryl methyl sites for hydroxylation is 1. The normalized spacial score (nSPS) is 13.3. The number of nitrogens with one attached hydrogen (secondary N) is 1. The number of tetrazole rings is 1. The van der Waals surface area contributed by atoms with Crippen molar-refractivity contribution >= 4 is 16.4 Å². The van der Waals surface area contributed by atoms with Gasteiger partial charge in [-0.2, -0.15) is 15.7 Å². The lowest BCUT2D eigenvalue weighted by atomic mass is 10.5. The van der Waals surface area contributed by atoms with Crippen LogP contribution in [0.4, 0.5) is 0 Å². The Bertz CT molecular complexity index is 205. The van der Waals surface area contributed by atoms with E-state index in [1.807, 2.05) is 0 Å². The predicted octanol–water partition coefficient (Wildman–Crippen LogP) is 0.0729. The van der Waals surface area contributed by atoms with Crippen LogP contribution in [0.3, 0.4) is 0 Å². The average Bonchev–Trinajstić information content (AvgIpc) is 2.34. The van der Waals surface area contributed by atoms with Gasteiger partial charge in [-0.1, -0.05) is 11.1 Å². The van der Waals surface area contributed by atoms with E-state index in [0.717, 1.165) is 18.0 Å². The summed E-state index contributed by atoms with van der Waals surface area (Å²) in [5.41, 5.74) is 0.